The molecular formula is C18H28IN5O. The van der Waals surface area contributed by atoms with E-state index >= 15 is 0 Å². The Morgan fingerprint density at radius 2 is 2.00 bits per heavy atom. The molecule has 2 aromatic rings. The first-order chi connectivity index (χ1) is 11.8. The number of nitrogens with zero attached hydrogens (tertiary/aromatic N) is 3. The summed E-state index contributed by atoms with van der Waals surface area (Å²) in [6.45, 7) is 5.44. The molecule has 1 aromatic carbocycles. The molecule has 0 spiro atoms. The predicted octanol–water partition coefficient (Wildman–Crippen LogP) is 2.78. The lowest BCUT2D eigenvalue weighted by atomic mass is 10.1. The number of hydrogen-bond acceptors (Lipinski definition) is 3. The van der Waals surface area contributed by atoms with E-state index in [9.17, 15) is 5.11 Å². The number of nitrogens with one attached hydrogen (secondary N) is 2. The van der Waals surface area contributed by atoms with Gasteiger partial charge in [0.1, 0.15) is 5.75 Å². The van der Waals surface area contributed by atoms with Gasteiger partial charge in [0.05, 0.1) is 0 Å². The van der Waals surface area contributed by atoms with Crippen molar-refractivity contribution in [1.82, 2.24) is 20.4 Å². The number of aliphatic imine (C=N–C) groups is 1. The van der Waals surface area contributed by atoms with Gasteiger partial charge in [-0.3, -0.25) is 9.67 Å². The summed E-state index contributed by atoms with van der Waals surface area (Å²) in [5.74, 6) is 1.18. The van der Waals surface area contributed by atoms with Crippen LogP contribution in [0.1, 0.15) is 25.3 Å². The molecule has 138 valence electrons. The van der Waals surface area contributed by atoms with E-state index < -0.39 is 0 Å². The lowest BCUT2D eigenvalue weighted by Gasteiger charge is -2.11. The molecule has 0 fully saturated rings. The monoisotopic (exact) mass is 457 g/mol. The number of aryl methyl sites for hydroxylation is 2. The average molecular weight is 457 g/mol. The van der Waals surface area contributed by atoms with Crippen LogP contribution in [-0.4, -0.2) is 40.5 Å². The molecule has 0 saturated carbocycles. The van der Waals surface area contributed by atoms with E-state index in [1.165, 1.54) is 5.56 Å². The van der Waals surface area contributed by atoms with Gasteiger partial charge in [-0.05, 0) is 49.9 Å². The van der Waals surface area contributed by atoms with Crippen molar-refractivity contribution in [3.05, 3.63) is 48.3 Å². The van der Waals surface area contributed by atoms with Crippen molar-refractivity contribution in [1.29, 1.82) is 0 Å². The van der Waals surface area contributed by atoms with Crippen molar-refractivity contribution < 1.29 is 5.11 Å². The Kier molecular flexibility index (Phi) is 10.7. The van der Waals surface area contributed by atoms with Crippen LogP contribution in [0, 0.1) is 0 Å². The van der Waals surface area contributed by atoms with Gasteiger partial charge in [-0.1, -0.05) is 12.1 Å². The van der Waals surface area contributed by atoms with Crippen LogP contribution >= 0.6 is 24.0 Å². The van der Waals surface area contributed by atoms with Gasteiger partial charge in [-0.15, -0.1) is 24.0 Å². The molecule has 6 nitrogen and oxygen atoms in total. The number of phenols is 1. The first kappa shape index (κ1) is 21.3. The van der Waals surface area contributed by atoms with Gasteiger partial charge >= 0.3 is 0 Å². The minimum atomic E-state index is 0. The average Bonchev–Trinajstić information content (AvgIpc) is 3.10. The summed E-state index contributed by atoms with van der Waals surface area (Å²) in [6, 6.07) is 9.32. The summed E-state index contributed by atoms with van der Waals surface area (Å²) >= 11 is 0. The number of guanidine groups is 1. The first-order valence-corrected chi connectivity index (χ1v) is 8.55. The van der Waals surface area contributed by atoms with E-state index in [-0.39, 0.29) is 24.0 Å². The van der Waals surface area contributed by atoms with Crippen molar-refractivity contribution in [2.75, 3.05) is 19.6 Å². The number of aromatic nitrogens is 2. The lowest BCUT2D eigenvalue weighted by Crippen LogP contribution is -2.38. The van der Waals surface area contributed by atoms with Crippen LogP contribution in [0.25, 0.3) is 0 Å². The Morgan fingerprint density at radius 1 is 1.20 bits per heavy atom. The second-order valence-corrected chi connectivity index (χ2v) is 5.58. The Labute approximate surface area is 166 Å². The highest BCUT2D eigenvalue weighted by atomic mass is 127. The highest BCUT2D eigenvalue weighted by Gasteiger charge is 1.98. The standard InChI is InChI=1S/C18H27N5O.HI/c1-2-19-18(21-12-4-14-23-15-5-13-22-23)20-11-3-6-16-7-9-17(24)10-8-16;/h5,7-10,13,15,24H,2-4,6,11-12,14H2,1H3,(H2,19,20,21);1H. The van der Waals surface area contributed by atoms with Gasteiger partial charge in [0.15, 0.2) is 5.96 Å². The summed E-state index contributed by atoms with van der Waals surface area (Å²) in [5.41, 5.74) is 1.23. The molecule has 0 bridgehead atoms. The fraction of sp³-hybridized carbons (Fsp3) is 0.444. The third-order valence-electron chi connectivity index (χ3n) is 3.59. The van der Waals surface area contributed by atoms with Crippen LogP contribution in [0.2, 0.25) is 0 Å². The number of phenolic OH excluding ortho intramolecular Hbond substituents is 1. The molecule has 2 rings (SSSR count). The molecule has 0 unspecified atom stereocenters. The summed E-state index contributed by atoms with van der Waals surface area (Å²) in [5, 5.41) is 20.1. The van der Waals surface area contributed by atoms with E-state index in [0.29, 0.717) is 5.75 Å². The molecule has 7 heteroatoms. The molecule has 1 aromatic heterocycles. The summed E-state index contributed by atoms with van der Waals surface area (Å²) < 4.78 is 1.92. The van der Waals surface area contributed by atoms with Gasteiger partial charge < -0.3 is 15.7 Å². The maximum atomic E-state index is 9.28. The van der Waals surface area contributed by atoms with Crippen molar-refractivity contribution >= 4 is 29.9 Å². The normalized spacial score (nSPS) is 11.0. The Balaban J connectivity index is 0.00000312. The molecule has 1 heterocycles. The maximum Gasteiger partial charge on any atom is 0.191 e. The Morgan fingerprint density at radius 3 is 2.68 bits per heavy atom. The molecule has 0 aliphatic carbocycles. The van der Waals surface area contributed by atoms with Crippen LogP contribution in [0.5, 0.6) is 5.75 Å². The first-order valence-electron chi connectivity index (χ1n) is 8.55. The summed E-state index contributed by atoms with van der Waals surface area (Å²) in [7, 11) is 0. The van der Waals surface area contributed by atoms with Crippen molar-refractivity contribution in [3.63, 3.8) is 0 Å². The van der Waals surface area contributed by atoms with Crippen molar-refractivity contribution in [3.8, 4) is 5.75 Å². The minimum absolute atomic E-state index is 0. The van der Waals surface area contributed by atoms with Crippen LogP contribution in [0.3, 0.4) is 0 Å². The van der Waals surface area contributed by atoms with E-state index in [1.54, 1.807) is 18.3 Å². The highest BCUT2D eigenvalue weighted by Crippen LogP contribution is 2.10. The fourth-order valence-corrected chi connectivity index (χ4v) is 2.36. The van der Waals surface area contributed by atoms with Gasteiger partial charge in [0.25, 0.3) is 0 Å². The van der Waals surface area contributed by atoms with Crippen LogP contribution in [-0.2, 0) is 13.0 Å². The zero-order chi connectivity index (χ0) is 17.0. The number of aromatic hydroxyl groups is 1. The molecule has 0 radical (unpaired) electrons. The predicted molar refractivity (Wildman–Crippen MR) is 113 cm³/mol. The number of hydrogen-bond donors (Lipinski definition) is 3. The number of halogens is 1. The molecule has 0 aliphatic rings. The van der Waals surface area contributed by atoms with E-state index in [2.05, 4.69) is 27.6 Å². The van der Waals surface area contributed by atoms with Gasteiger partial charge in [0.2, 0.25) is 0 Å². The van der Waals surface area contributed by atoms with Crippen LogP contribution in [0.15, 0.2) is 47.7 Å². The van der Waals surface area contributed by atoms with Crippen LogP contribution in [0.4, 0.5) is 0 Å². The van der Waals surface area contributed by atoms with E-state index in [1.807, 2.05) is 29.1 Å². The largest absolute Gasteiger partial charge is 0.508 e. The zero-order valence-electron chi connectivity index (χ0n) is 14.7. The quantitative estimate of drug-likeness (QED) is 0.234. The van der Waals surface area contributed by atoms with Gasteiger partial charge in [0, 0.05) is 38.6 Å². The Hall–Kier alpha value is -1.77. The lowest BCUT2D eigenvalue weighted by molar-refractivity contribution is 0.475. The third kappa shape index (κ3) is 8.76. The highest BCUT2D eigenvalue weighted by molar-refractivity contribution is 14.0. The van der Waals surface area contributed by atoms with Crippen LogP contribution < -0.4 is 10.6 Å². The molecule has 0 aliphatic heterocycles. The van der Waals surface area contributed by atoms with E-state index in [0.717, 1.165) is 51.4 Å². The molecule has 25 heavy (non-hydrogen) atoms. The Bertz CT molecular complexity index is 598. The molecule has 3 N–H and O–H groups in total. The molecule has 0 saturated heterocycles. The van der Waals surface area contributed by atoms with Gasteiger partial charge in [-0.2, -0.15) is 5.10 Å². The molecule has 0 amide bonds. The zero-order valence-corrected chi connectivity index (χ0v) is 17.0. The molecule has 0 atom stereocenters. The maximum absolute atomic E-state index is 9.28. The van der Waals surface area contributed by atoms with Gasteiger partial charge in [-0.25, -0.2) is 0 Å². The molecular weight excluding hydrogens is 429 g/mol. The fourth-order valence-electron chi connectivity index (χ4n) is 2.36. The third-order valence-corrected chi connectivity index (χ3v) is 3.59. The van der Waals surface area contributed by atoms with E-state index in [4.69, 9.17) is 0 Å². The number of rotatable bonds is 9. The summed E-state index contributed by atoms with van der Waals surface area (Å²) in [6.07, 6.45) is 6.72. The smallest absolute Gasteiger partial charge is 0.191 e. The second-order valence-electron chi connectivity index (χ2n) is 5.58. The topological polar surface area (TPSA) is 74.5 Å². The minimum Gasteiger partial charge on any atom is -0.508 e. The van der Waals surface area contributed by atoms with Crippen molar-refractivity contribution in [2.45, 2.75) is 32.7 Å². The second kappa shape index (κ2) is 12.6. The van der Waals surface area contributed by atoms with Crippen molar-refractivity contribution in [2.24, 2.45) is 4.99 Å². The number of benzene rings is 1. The SMILES string of the molecule is CCNC(=NCCCn1cccn1)NCCCc1ccc(O)cc1.I. The summed E-state index contributed by atoms with van der Waals surface area (Å²) in [4.78, 5) is 4.59.